The summed E-state index contributed by atoms with van der Waals surface area (Å²) in [6, 6.07) is 5.23. The number of ether oxygens (including phenoxy) is 1. The van der Waals surface area contributed by atoms with Crippen LogP contribution < -0.4 is 4.74 Å². The third-order valence-corrected chi connectivity index (χ3v) is 4.53. The van der Waals surface area contributed by atoms with Gasteiger partial charge in [0.25, 0.3) is 0 Å². The Kier molecular flexibility index (Phi) is 2.01. The average molecular weight is 243 g/mol. The molecule has 0 N–H and O–H groups in total. The lowest BCUT2D eigenvalue weighted by molar-refractivity contribution is 0.218. The van der Waals surface area contributed by atoms with E-state index in [4.69, 9.17) is 9.72 Å². The Balaban J connectivity index is 2.00. The van der Waals surface area contributed by atoms with Crippen LogP contribution >= 0.6 is 0 Å². The van der Waals surface area contributed by atoms with Gasteiger partial charge in [0.1, 0.15) is 0 Å². The van der Waals surface area contributed by atoms with Gasteiger partial charge in [-0.2, -0.15) is 0 Å². The summed E-state index contributed by atoms with van der Waals surface area (Å²) in [6.07, 6.45) is 5.73. The number of methoxy groups -OCH3 is 1. The average Bonchev–Trinajstić information content (AvgIpc) is 2.85. The van der Waals surface area contributed by atoms with Crippen LogP contribution in [0, 0.1) is 0 Å². The molecule has 2 aliphatic rings. The van der Waals surface area contributed by atoms with Crippen molar-refractivity contribution in [2.75, 3.05) is 14.2 Å². The molecule has 1 fully saturated rings. The molecule has 0 amide bonds. The minimum atomic E-state index is 0.529. The molecule has 2 unspecified atom stereocenters. The maximum atomic E-state index is 5.42. The van der Waals surface area contributed by atoms with E-state index >= 15 is 0 Å². The van der Waals surface area contributed by atoms with Gasteiger partial charge in [0, 0.05) is 18.7 Å². The van der Waals surface area contributed by atoms with E-state index in [2.05, 4.69) is 22.5 Å². The number of pyridine rings is 1. The lowest BCUT2D eigenvalue weighted by atomic mass is 10.0. The first-order valence-electron chi connectivity index (χ1n) is 6.55. The number of fused-ring (bicyclic) bond motifs is 6. The molecule has 94 valence electrons. The van der Waals surface area contributed by atoms with Gasteiger partial charge in [-0.3, -0.25) is 9.30 Å². The Morgan fingerprint density at radius 1 is 1.39 bits per heavy atom. The highest BCUT2D eigenvalue weighted by atomic mass is 16.5. The Bertz CT molecular complexity index is 619. The molecule has 2 aromatic rings. The molecule has 0 aliphatic carbocycles. The van der Waals surface area contributed by atoms with Gasteiger partial charge in [0.05, 0.1) is 24.5 Å². The highest BCUT2D eigenvalue weighted by Gasteiger charge is 2.40. The van der Waals surface area contributed by atoms with Crippen LogP contribution in [0.2, 0.25) is 0 Å². The first kappa shape index (κ1) is 10.4. The second kappa shape index (κ2) is 3.48. The van der Waals surface area contributed by atoms with Crippen molar-refractivity contribution in [3.63, 3.8) is 0 Å². The molecule has 0 aromatic carbocycles. The van der Waals surface area contributed by atoms with Gasteiger partial charge in [-0.15, -0.1) is 0 Å². The number of rotatable bonds is 1. The second-order valence-electron chi connectivity index (χ2n) is 5.33. The minimum absolute atomic E-state index is 0.529. The molecule has 0 saturated carbocycles. The number of imidazole rings is 1. The van der Waals surface area contributed by atoms with E-state index < -0.39 is 0 Å². The first-order chi connectivity index (χ1) is 8.79. The molecule has 2 aromatic heterocycles. The summed E-state index contributed by atoms with van der Waals surface area (Å²) >= 11 is 0. The summed E-state index contributed by atoms with van der Waals surface area (Å²) < 4.78 is 7.63. The molecular formula is C14H17N3O. The van der Waals surface area contributed by atoms with E-state index in [1.807, 2.05) is 12.1 Å². The molecule has 4 nitrogen and oxygen atoms in total. The molecular weight excluding hydrogens is 226 g/mol. The number of aromatic nitrogens is 2. The van der Waals surface area contributed by atoms with Crippen LogP contribution in [0.3, 0.4) is 0 Å². The predicted molar refractivity (Wildman–Crippen MR) is 69.0 cm³/mol. The van der Waals surface area contributed by atoms with Crippen LogP contribution in [-0.2, 0) is 6.42 Å². The Labute approximate surface area is 106 Å². The van der Waals surface area contributed by atoms with Crippen molar-refractivity contribution in [1.29, 1.82) is 0 Å². The van der Waals surface area contributed by atoms with E-state index in [9.17, 15) is 0 Å². The largest absolute Gasteiger partial charge is 0.493 e. The van der Waals surface area contributed by atoms with Gasteiger partial charge in [0.15, 0.2) is 11.4 Å². The number of hydrogen-bond donors (Lipinski definition) is 0. The summed E-state index contributed by atoms with van der Waals surface area (Å²) in [7, 11) is 3.95. The lowest BCUT2D eigenvalue weighted by Gasteiger charge is -2.30. The van der Waals surface area contributed by atoms with Gasteiger partial charge < -0.3 is 4.74 Å². The Morgan fingerprint density at radius 3 is 3.11 bits per heavy atom. The van der Waals surface area contributed by atoms with Crippen LogP contribution in [0.4, 0.5) is 0 Å². The highest BCUT2D eigenvalue weighted by molar-refractivity contribution is 5.57. The van der Waals surface area contributed by atoms with Gasteiger partial charge in [-0.1, -0.05) is 0 Å². The monoisotopic (exact) mass is 243 g/mol. The fourth-order valence-corrected chi connectivity index (χ4v) is 3.58. The van der Waals surface area contributed by atoms with Crippen LogP contribution in [0.5, 0.6) is 5.75 Å². The maximum Gasteiger partial charge on any atom is 0.180 e. The van der Waals surface area contributed by atoms with Gasteiger partial charge in [-0.05, 0) is 32.0 Å². The lowest BCUT2D eigenvalue weighted by Crippen LogP contribution is -2.34. The normalized spacial score (nSPS) is 26.6. The van der Waals surface area contributed by atoms with E-state index in [1.165, 1.54) is 24.2 Å². The van der Waals surface area contributed by atoms with Crippen molar-refractivity contribution in [3.8, 4) is 5.75 Å². The summed E-state index contributed by atoms with van der Waals surface area (Å²) in [5, 5.41) is 0. The van der Waals surface area contributed by atoms with E-state index in [1.54, 1.807) is 7.11 Å². The van der Waals surface area contributed by atoms with E-state index in [0.717, 1.165) is 17.8 Å². The zero-order valence-electron chi connectivity index (χ0n) is 10.8. The van der Waals surface area contributed by atoms with Crippen molar-refractivity contribution in [1.82, 2.24) is 14.3 Å². The van der Waals surface area contributed by atoms with Crippen molar-refractivity contribution in [2.24, 2.45) is 0 Å². The molecule has 4 rings (SSSR count). The zero-order valence-corrected chi connectivity index (χ0v) is 10.8. The van der Waals surface area contributed by atoms with Crippen molar-refractivity contribution < 1.29 is 4.74 Å². The zero-order chi connectivity index (χ0) is 12.3. The molecule has 4 heteroatoms. The summed E-state index contributed by atoms with van der Waals surface area (Å²) in [4.78, 5) is 7.32. The fraction of sp³-hybridized carbons (Fsp3) is 0.500. The molecule has 2 bridgehead atoms. The van der Waals surface area contributed by atoms with Crippen molar-refractivity contribution in [2.45, 2.75) is 31.3 Å². The topological polar surface area (TPSA) is 29.8 Å². The summed E-state index contributed by atoms with van der Waals surface area (Å²) in [6.45, 7) is 0. The standard InChI is InChI=1S/C14H17N3O/c1-16-9-5-6-11(16)13-10(8-9)15-14-12(18-2)4-3-7-17(13)14/h3-4,7,9,11H,5-6,8H2,1-2H3. The van der Waals surface area contributed by atoms with Crippen LogP contribution in [0.15, 0.2) is 18.3 Å². The van der Waals surface area contributed by atoms with E-state index in [0.29, 0.717) is 12.1 Å². The van der Waals surface area contributed by atoms with Gasteiger partial charge >= 0.3 is 0 Å². The third-order valence-electron chi connectivity index (χ3n) is 4.53. The first-order valence-corrected chi connectivity index (χ1v) is 6.55. The molecule has 2 aliphatic heterocycles. The number of hydrogen-bond acceptors (Lipinski definition) is 3. The minimum Gasteiger partial charge on any atom is -0.493 e. The molecule has 2 atom stereocenters. The summed E-state index contributed by atoms with van der Waals surface area (Å²) in [5.74, 6) is 0.866. The molecule has 18 heavy (non-hydrogen) atoms. The fourth-order valence-electron chi connectivity index (χ4n) is 3.58. The predicted octanol–water partition coefficient (Wildman–Crippen LogP) is 2.03. The van der Waals surface area contributed by atoms with Crippen molar-refractivity contribution >= 4 is 5.65 Å². The SMILES string of the molecule is COc1cccn2c3c(nc12)CC1CCC3N1C. The van der Waals surface area contributed by atoms with Crippen LogP contribution in [0.25, 0.3) is 5.65 Å². The smallest absolute Gasteiger partial charge is 0.180 e. The Hall–Kier alpha value is -1.55. The van der Waals surface area contributed by atoms with E-state index in [-0.39, 0.29) is 0 Å². The second-order valence-corrected chi connectivity index (χ2v) is 5.33. The Morgan fingerprint density at radius 2 is 2.28 bits per heavy atom. The quantitative estimate of drug-likeness (QED) is 0.767. The van der Waals surface area contributed by atoms with Crippen LogP contribution in [0.1, 0.15) is 30.3 Å². The molecule has 0 radical (unpaired) electrons. The third kappa shape index (κ3) is 1.16. The van der Waals surface area contributed by atoms with Gasteiger partial charge in [0.2, 0.25) is 0 Å². The van der Waals surface area contributed by atoms with Crippen molar-refractivity contribution in [3.05, 3.63) is 29.7 Å². The highest BCUT2D eigenvalue weighted by Crippen LogP contribution is 2.43. The molecule has 0 spiro atoms. The molecule has 1 saturated heterocycles. The maximum absolute atomic E-state index is 5.42. The molecule has 4 heterocycles. The van der Waals surface area contributed by atoms with Gasteiger partial charge in [-0.25, -0.2) is 4.98 Å². The number of likely N-dealkylation sites (N-methyl/N-ethyl adjacent to an activating group) is 1. The summed E-state index contributed by atoms with van der Waals surface area (Å²) in [5.41, 5.74) is 3.61. The van der Waals surface area contributed by atoms with Crippen LogP contribution in [-0.4, -0.2) is 34.5 Å². The number of nitrogens with zero attached hydrogens (tertiary/aromatic N) is 3.